The molecular formula is C11H11BrN2. The van der Waals surface area contributed by atoms with Gasteiger partial charge in [0.15, 0.2) is 0 Å². The number of benzene rings is 1. The van der Waals surface area contributed by atoms with Crippen LogP contribution in [0.2, 0.25) is 0 Å². The van der Waals surface area contributed by atoms with Crippen LogP contribution in [-0.2, 0) is 6.54 Å². The van der Waals surface area contributed by atoms with Gasteiger partial charge in [-0.15, -0.1) is 0 Å². The maximum atomic E-state index is 4.22. The Hall–Kier alpha value is -1.09. The molecule has 0 aliphatic carbocycles. The normalized spacial score (nSPS) is 10.4. The van der Waals surface area contributed by atoms with E-state index < -0.39 is 0 Å². The molecule has 14 heavy (non-hydrogen) atoms. The van der Waals surface area contributed by atoms with Gasteiger partial charge in [-0.3, -0.25) is 4.68 Å². The fourth-order valence-corrected chi connectivity index (χ4v) is 1.71. The molecule has 0 aliphatic heterocycles. The van der Waals surface area contributed by atoms with Crippen LogP contribution in [0.3, 0.4) is 0 Å². The predicted octanol–water partition coefficient (Wildman–Crippen LogP) is 3.00. The molecular weight excluding hydrogens is 240 g/mol. The van der Waals surface area contributed by atoms with Crippen LogP contribution in [0.1, 0.15) is 11.1 Å². The molecule has 0 bridgehead atoms. The summed E-state index contributed by atoms with van der Waals surface area (Å²) < 4.78 is 2.94. The molecule has 0 N–H and O–H groups in total. The molecule has 2 rings (SSSR count). The van der Waals surface area contributed by atoms with Crippen LogP contribution < -0.4 is 0 Å². The van der Waals surface area contributed by atoms with E-state index in [1.165, 1.54) is 11.1 Å². The van der Waals surface area contributed by atoms with Gasteiger partial charge < -0.3 is 0 Å². The summed E-state index contributed by atoms with van der Waals surface area (Å²) in [4.78, 5) is 0. The third-order valence-corrected chi connectivity index (χ3v) is 2.60. The van der Waals surface area contributed by atoms with E-state index >= 15 is 0 Å². The van der Waals surface area contributed by atoms with Crippen molar-refractivity contribution in [3.8, 4) is 0 Å². The lowest BCUT2D eigenvalue weighted by Crippen LogP contribution is -2.01. The molecule has 2 aromatic rings. The maximum Gasteiger partial charge on any atom is 0.0662 e. The van der Waals surface area contributed by atoms with Gasteiger partial charge in [-0.2, -0.15) is 5.10 Å². The first-order valence-corrected chi connectivity index (χ1v) is 5.27. The van der Waals surface area contributed by atoms with Crippen molar-refractivity contribution in [2.75, 3.05) is 0 Å². The second-order valence-electron chi connectivity index (χ2n) is 3.28. The molecule has 0 aliphatic rings. The van der Waals surface area contributed by atoms with Gasteiger partial charge in [-0.05, 0) is 34.0 Å². The Morgan fingerprint density at radius 2 is 2.14 bits per heavy atom. The molecule has 1 aromatic carbocycles. The number of rotatable bonds is 2. The second-order valence-corrected chi connectivity index (χ2v) is 4.20. The summed E-state index contributed by atoms with van der Waals surface area (Å²) in [5.41, 5.74) is 2.61. The van der Waals surface area contributed by atoms with Gasteiger partial charge in [0.2, 0.25) is 0 Å². The Balaban J connectivity index is 2.23. The number of hydrogen-bond acceptors (Lipinski definition) is 1. The average molecular weight is 251 g/mol. The van der Waals surface area contributed by atoms with Gasteiger partial charge >= 0.3 is 0 Å². The largest absolute Gasteiger partial charge is 0.267 e. The van der Waals surface area contributed by atoms with Crippen molar-refractivity contribution in [1.29, 1.82) is 0 Å². The van der Waals surface area contributed by atoms with Crippen molar-refractivity contribution in [3.05, 3.63) is 52.3 Å². The predicted molar refractivity (Wildman–Crippen MR) is 60.2 cm³/mol. The SMILES string of the molecule is Cc1ccccc1Cn1cc(Br)cn1. The summed E-state index contributed by atoms with van der Waals surface area (Å²) in [6.07, 6.45) is 3.78. The molecule has 0 spiro atoms. The molecule has 1 aromatic heterocycles. The lowest BCUT2D eigenvalue weighted by Gasteiger charge is -2.04. The minimum Gasteiger partial charge on any atom is -0.267 e. The van der Waals surface area contributed by atoms with Gasteiger partial charge in [0.05, 0.1) is 17.2 Å². The van der Waals surface area contributed by atoms with Crippen molar-refractivity contribution in [2.24, 2.45) is 0 Å². The lowest BCUT2D eigenvalue weighted by molar-refractivity contribution is 0.684. The van der Waals surface area contributed by atoms with Gasteiger partial charge in [0.1, 0.15) is 0 Å². The molecule has 72 valence electrons. The Kier molecular flexibility index (Phi) is 2.68. The van der Waals surface area contributed by atoms with E-state index in [1.54, 1.807) is 6.20 Å². The first kappa shape index (κ1) is 9.46. The topological polar surface area (TPSA) is 17.8 Å². The summed E-state index contributed by atoms with van der Waals surface area (Å²) in [6, 6.07) is 8.36. The first-order chi connectivity index (χ1) is 6.75. The van der Waals surface area contributed by atoms with Crippen molar-refractivity contribution < 1.29 is 0 Å². The van der Waals surface area contributed by atoms with E-state index in [2.05, 4.69) is 52.2 Å². The Bertz CT molecular complexity index is 434. The maximum absolute atomic E-state index is 4.22. The zero-order chi connectivity index (χ0) is 9.97. The summed E-state index contributed by atoms with van der Waals surface area (Å²) in [5, 5.41) is 4.22. The van der Waals surface area contributed by atoms with Crippen LogP contribution in [0.4, 0.5) is 0 Å². The number of halogens is 1. The van der Waals surface area contributed by atoms with Gasteiger partial charge in [-0.25, -0.2) is 0 Å². The van der Waals surface area contributed by atoms with Crippen LogP contribution in [0.15, 0.2) is 41.1 Å². The van der Waals surface area contributed by atoms with Crippen LogP contribution in [-0.4, -0.2) is 9.78 Å². The zero-order valence-corrected chi connectivity index (χ0v) is 9.53. The Labute approximate surface area is 91.7 Å². The van der Waals surface area contributed by atoms with Crippen molar-refractivity contribution in [3.63, 3.8) is 0 Å². The average Bonchev–Trinajstić information content (AvgIpc) is 2.56. The smallest absolute Gasteiger partial charge is 0.0662 e. The molecule has 0 fully saturated rings. The highest BCUT2D eigenvalue weighted by Gasteiger charge is 1.99. The minimum atomic E-state index is 0.832. The minimum absolute atomic E-state index is 0.832. The third kappa shape index (κ3) is 2.04. The number of aromatic nitrogens is 2. The highest BCUT2D eigenvalue weighted by Crippen LogP contribution is 2.11. The summed E-state index contributed by atoms with van der Waals surface area (Å²) in [6.45, 7) is 2.95. The third-order valence-electron chi connectivity index (χ3n) is 2.20. The summed E-state index contributed by atoms with van der Waals surface area (Å²) in [5.74, 6) is 0. The number of nitrogens with zero attached hydrogens (tertiary/aromatic N) is 2. The van der Waals surface area contributed by atoms with Crippen LogP contribution in [0, 0.1) is 6.92 Å². The van der Waals surface area contributed by atoms with E-state index in [0.717, 1.165) is 11.0 Å². The quantitative estimate of drug-likeness (QED) is 0.802. The van der Waals surface area contributed by atoms with Gasteiger partial charge in [-0.1, -0.05) is 24.3 Å². The Morgan fingerprint density at radius 1 is 1.36 bits per heavy atom. The fourth-order valence-electron chi connectivity index (χ4n) is 1.39. The van der Waals surface area contributed by atoms with E-state index in [-0.39, 0.29) is 0 Å². The van der Waals surface area contributed by atoms with Crippen LogP contribution in [0.5, 0.6) is 0 Å². The molecule has 0 unspecified atom stereocenters. The first-order valence-electron chi connectivity index (χ1n) is 4.48. The van der Waals surface area contributed by atoms with Crippen molar-refractivity contribution in [1.82, 2.24) is 9.78 Å². The van der Waals surface area contributed by atoms with E-state index in [1.807, 2.05) is 10.9 Å². The van der Waals surface area contributed by atoms with E-state index in [4.69, 9.17) is 0 Å². The number of hydrogen-bond donors (Lipinski definition) is 0. The second kappa shape index (κ2) is 3.96. The molecule has 0 saturated heterocycles. The highest BCUT2D eigenvalue weighted by atomic mass is 79.9. The molecule has 3 heteroatoms. The molecule has 0 amide bonds. The van der Waals surface area contributed by atoms with Crippen LogP contribution >= 0.6 is 15.9 Å². The molecule has 0 atom stereocenters. The molecule has 0 radical (unpaired) electrons. The van der Waals surface area contributed by atoms with Crippen molar-refractivity contribution in [2.45, 2.75) is 13.5 Å². The van der Waals surface area contributed by atoms with Crippen molar-refractivity contribution >= 4 is 15.9 Å². The molecule has 1 heterocycles. The highest BCUT2D eigenvalue weighted by molar-refractivity contribution is 9.10. The monoisotopic (exact) mass is 250 g/mol. The van der Waals surface area contributed by atoms with Gasteiger partial charge in [0.25, 0.3) is 0 Å². The summed E-state index contributed by atoms with van der Waals surface area (Å²) >= 11 is 3.38. The fraction of sp³-hybridized carbons (Fsp3) is 0.182. The Morgan fingerprint density at radius 3 is 2.79 bits per heavy atom. The zero-order valence-electron chi connectivity index (χ0n) is 7.94. The standard InChI is InChI=1S/C11H11BrN2/c1-9-4-2-3-5-10(9)7-14-8-11(12)6-13-14/h2-6,8H,7H2,1H3. The summed E-state index contributed by atoms with van der Waals surface area (Å²) in [7, 11) is 0. The number of aryl methyl sites for hydroxylation is 1. The van der Waals surface area contributed by atoms with Crippen LogP contribution in [0.25, 0.3) is 0 Å². The van der Waals surface area contributed by atoms with E-state index in [0.29, 0.717) is 0 Å². The molecule has 2 nitrogen and oxygen atoms in total. The van der Waals surface area contributed by atoms with E-state index in [9.17, 15) is 0 Å². The van der Waals surface area contributed by atoms with Gasteiger partial charge in [0, 0.05) is 6.20 Å². The lowest BCUT2D eigenvalue weighted by atomic mass is 10.1. The molecule has 0 saturated carbocycles.